The largest absolute Gasteiger partial charge is 0.446 e. The van der Waals surface area contributed by atoms with Gasteiger partial charge in [0.05, 0.1) is 0 Å². The van der Waals surface area contributed by atoms with E-state index >= 15 is 0 Å². The topological polar surface area (TPSA) is 64.7 Å². The summed E-state index contributed by atoms with van der Waals surface area (Å²) in [4.78, 5) is 14.4. The van der Waals surface area contributed by atoms with Gasteiger partial charge in [-0.05, 0) is 18.2 Å². The molecule has 0 fully saturated rings. The Morgan fingerprint density at radius 1 is 1.40 bits per heavy atom. The molecule has 1 unspecified atom stereocenters. The first-order valence-electron chi connectivity index (χ1n) is 4.07. The average molecular weight is 212 g/mol. The first-order valence-corrected chi connectivity index (χ1v) is 4.07. The molecule has 1 aromatic carbocycles. The lowest BCUT2D eigenvalue weighted by Crippen LogP contribution is -2.15. The second kappa shape index (κ2) is 3.30. The Hall–Kier alpha value is -1.98. The van der Waals surface area contributed by atoms with Gasteiger partial charge >= 0.3 is 0 Å². The fraction of sp³-hybridized carbons (Fsp3) is 0.111. The van der Waals surface area contributed by atoms with Crippen molar-refractivity contribution in [2.24, 2.45) is 10.7 Å². The van der Waals surface area contributed by atoms with Crippen molar-refractivity contribution in [3.63, 3.8) is 0 Å². The van der Waals surface area contributed by atoms with Gasteiger partial charge in [0.15, 0.2) is 0 Å². The van der Waals surface area contributed by atoms with Crippen LogP contribution in [0.25, 0.3) is 0 Å². The summed E-state index contributed by atoms with van der Waals surface area (Å²) in [6.07, 6.45) is -1.28. The van der Waals surface area contributed by atoms with Crippen LogP contribution in [0.4, 0.5) is 8.78 Å². The molecule has 78 valence electrons. The molecular formula is C9H6F2N2O2. The molecule has 0 saturated carbocycles. The molecule has 0 spiro atoms. The van der Waals surface area contributed by atoms with Crippen LogP contribution in [-0.2, 0) is 9.53 Å². The predicted molar refractivity (Wildman–Crippen MR) is 46.8 cm³/mol. The summed E-state index contributed by atoms with van der Waals surface area (Å²) in [5.41, 5.74) is 4.93. The molecule has 1 aliphatic rings. The summed E-state index contributed by atoms with van der Waals surface area (Å²) < 4.78 is 30.8. The third kappa shape index (κ3) is 1.65. The highest BCUT2D eigenvalue weighted by Crippen LogP contribution is 2.26. The number of halogens is 2. The smallest absolute Gasteiger partial charge is 0.296 e. The minimum atomic E-state index is -1.28. The zero-order valence-electron chi connectivity index (χ0n) is 7.41. The van der Waals surface area contributed by atoms with Crippen LogP contribution in [0, 0.1) is 11.6 Å². The molecule has 1 heterocycles. The standard InChI is InChI=1S/C9H6F2N2O2/c10-4-1-2-6(11)5(3-4)7-8(14)13-9(12)15-7/h1-3,7H,(H2,12,13,14). The van der Waals surface area contributed by atoms with E-state index in [9.17, 15) is 13.6 Å². The average Bonchev–Trinajstić information content (AvgIpc) is 2.50. The first-order chi connectivity index (χ1) is 7.08. The van der Waals surface area contributed by atoms with Crippen LogP contribution < -0.4 is 5.73 Å². The minimum Gasteiger partial charge on any atom is -0.446 e. The summed E-state index contributed by atoms with van der Waals surface area (Å²) in [7, 11) is 0. The van der Waals surface area contributed by atoms with Gasteiger partial charge in [-0.1, -0.05) is 0 Å². The Labute approximate surface area is 83.4 Å². The quantitative estimate of drug-likeness (QED) is 0.751. The van der Waals surface area contributed by atoms with E-state index in [2.05, 4.69) is 4.99 Å². The number of hydrogen-bond donors (Lipinski definition) is 1. The maximum absolute atomic E-state index is 13.2. The highest BCUT2D eigenvalue weighted by Gasteiger charge is 2.31. The zero-order valence-corrected chi connectivity index (χ0v) is 7.41. The number of carbonyl (C=O) groups is 1. The van der Waals surface area contributed by atoms with E-state index in [1.54, 1.807) is 0 Å². The molecular weight excluding hydrogens is 206 g/mol. The minimum absolute atomic E-state index is 0.204. The van der Waals surface area contributed by atoms with E-state index in [0.717, 1.165) is 18.2 Å². The van der Waals surface area contributed by atoms with E-state index in [1.807, 2.05) is 0 Å². The lowest BCUT2D eigenvalue weighted by Gasteiger charge is -2.09. The predicted octanol–water partition coefficient (Wildman–Crippen LogP) is 0.877. The van der Waals surface area contributed by atoms with Crippen LogP contribution >= 0.6 is 0 Å². The first kappa shape index (κ1) is 9.57. The highest BCUT2D eigenvalue weighted by atomic mass is 19.1. The molecule has 0 aliphatic carbocycles. The second-order valence-corrected chi connectivity index (χ2v) is 2.95. The molecule has 4 nitrogen and oxygen atoms in total. The summed E-state index contributed by atoms with van der Waals surface area (Å²) in [6, 6.07) is 2.40. The number of amidine groups is 1. The molecule has 1 amide bonds. The lowest BCUT2D eigenvalue weighted by molar-refractivity contribution is -0.123. The summed E-state index contributed by atoms with van der Waals surface area (Å²) in [5.74, 6) is -2.13. The van der Waals surface area contributed by atoms with Gasteiger partial charge in [0, 0.05) is 5.56 Å². The van der Waals surface area contributed by atoms with Crippen LogP contribution in [0.3, 0.4) is 0 Å². The molecule has 2 N–H and O–H groups in total. The van der Waals surface area contributed by atoms with Crippen LogP contribution in [0.15, 0.2) is 23.2 Å². The SMILES string of the molecule is NC1=NC(=O)C(c2cc(F)ccc2F)O1. The van der Waals surface area contributed by atoms with Crippen molar-refractivity contribution in [1.29, 1.82) is 0 Å². The van der Waals surface area contributed by atoms with Crippen molar-refractivity contribution in [3.05, 3.63) is 35.4 Å². The Bertz CT molecular complexity index is 459. The van der Waals surface area contributed by atoms with Gasteiger partial charge in [-0.25, -0.2) is 8.78 Å². The summed E-state index contributed by atoms with van der Waals surface area (Å²) in [6.45, 7) is 0. The van der Waals surface area contributed by atoms with Crippen molar-refractivity contribution < 1.29 is 18.3 Å². The van der Waals surface area contributed by atoms with Gasteiger partial charge in [-0.2, -0.15) is 4.99 Å². The Morgan fingerprint density at radius 3 is 2.73 bits per heavy atom. The molecule has 2 rings (SSSR count). The normalized spacial score (nSPS) is 20.0. The third-order valence-corrected chi connectivity index (χ3v) is 1.92. The number of nitrogens with two attached hydrogens (primary N) is 1. The van der Waals surface area contributed by atoms with E-state index in [0.29, 0.717) is 0 Å². The number of carbonyl (C=O) groups excluding carboxylic acids is 1. The van der Waals surface area contributed by atoms with Gasteiger partial charge in [0.2, 0.25) is 6.10 Å². The molecule has 6 heteroatoms. The molecule has 15 heavy (non-hydrogen) atoms. The van der Waals surface area contributed by atoms with Gasteiger partial charge < -0.3 is 10.5 Å². The summed E-state index contributed by atoms with van der Waals surface area (Å²) >= 11 is 0. The van der Waals surface area contributed by atoms with E-state index in [4.69, 9.17) is 10.5 Å². The maximum atomic E-state index is 13.2. The Balaban J connectivity index is 2.39. The van der Waals surface area contributed by atoms with Crippen molar-refractivity contribution >= 4 is 11.9 Å². The van der Waals surface area contributed by atoms with Crippen molar-refractivity contribution in [2.75, 3.05) is 0 Å². The van der Waals surface area contributed by atoms with Crippen molar-refractivity contribution in [3.8, 4) is 0 Å². The zero-order chi connectivity index (χ0) is 11.0. The molecule has 0 bridgehead atoms. The Kier molecular flexibility index (Phi) is 2.11. The van der Waals surface area contributed by atoms with Crippen molar-refractivity contribution in [2.45, 2.75) is 6.10 Å². The molecule has 1 aliphatic heterocycles. The number of aliphatic imine (C=N–C) groups is 1. The number of nitrogens with zero attached hydrogens (tertiary/aromatic N) is 1. The van der Waals surface area contributed by atoms with Crippen LogP contribution in [0.2, 0.25) is 0 Å². The van der Waals surface area contributed by atoms with Crippen LogP contribution in [-0.4, -0.2) is 11.9 Å². The van der Waals surface area contributed by atoms with Crippen molar-refractivity contribution in [1.82, 2.24) is 0 Å². The number of benzene rings is 1. The van der Waals surface area contributed by atoms with E-state index in [-0.39, 0.29) is 11.6 Å². The number of amides is 1. The molecule has 0 radical (unpaired) electrons. The second-order valence-electron chi connectivity index (χ2n) is 2.95. The third-order valence-electron chi connectivity index (χ3n) is 1.92. The lowest BCUT2D eigenvalue weighted by atomic mass is 10.1. The maximum Gasteiger partial charge on any atom is 0.296 e. The number of rotatable bonds is 1. The molecule has 1 aromatic rings. The summed E-state index contributed by atoms with van der Waals surface area (Å²) in [5, 5.41) is 0. The van der Waals surface area contributed by atoms with Gasteiger partial charge in [0.1, 0.15) is 11.6 Å². The van der Waals surface area contributed by atoms with Gasteiger partial charge in [-0.3, -0.25) is 4.79 Å². The van der Waals surface area contributed by atoms with Crippen LogP contribution in [0.5, 0.6) is 0 Å². The fourth-order valence-electron chi connectivity index (χ4n) is 1.28. The van der Waals surface area contributed by atoms with Gasteiger partial charge in [0.25, 0.3) is 11.9 Å². The van der Waals surface area contributed by atoms with E-state index in [1.165, 1.54) is 0 Å². The number of hydrogen-bond acceptors (Lipinski definition) is 3. The highest BCUT2D eigenvalue weighted by molar-refractivity contribution is 5.98. The fourth-order valence-corrected chi connectivity index (χ4v) is 1.28. The Morgan fingerprint density at radius 2 is 2.13 bits per heavy atom. The van der Waals surface area contributed by atoms with E-state index < -0.39 is 23.6 Å². The van der Waals surface area contributed by atoms with Gasteiger partial charge in [-0.15, -0.1) is 0 Å². The van der Waals surface area contributed by atoms with Crippen LogP contribution in [0.1, 0.15) is 11.7 Å². The molecule has 1 atom stereocenters. The number of ether oxygens (including phenoxy) is 1. The molecule has 0 aromatic heterocycles. The monoisotopic (exact) mass is 212 g/mol. The molecule has 0 saturated heterocycles.